The van der Waals surface area contributed by atoms with Crippen molar-refractivity contribution in [3.63, 3.8) is 0 Å². The lowest BCUT2D eigenvalue weighted by Gasteiger charge is -2.14. The Morgan fingerprint density at radius 1 is 1.12 bits per heavy atom. The molecule has 26 heavy (non-hydrogen) atoms. The SMILES string of the molecule is CC(N)COc1cc(CS(=O)(=O)c2ccccc2)ccc1-c1ccoc1. The van der Waals surface area contributed by atoms with E-state index in [9.17, 15) is 8.42 Å². The van der Waals surface area contributed by atoms with Crippen LogP contribution in [0.5, 0.6) is 5.75 Å². The minimum atomic E-state index is -3.43. The molecular formula is C20H21NO4S. The zero-order chi connectivity index (χ0) is 18.6. The van der Waals surface area contributed by atoms with Crippen LogP contribution in [0.1, 0.15) is 12.5 Å². The molecular weight excluding hydrogens is 350 g/mol. The number of rotatable bonds is 7. The maximum Gasteiger partial charge on any atom is 0.182 e. The average molecular weight is 371 g/mol. The third-order valence-electron chi connectivity index (χ3n) is 3.84. The van der Waals surface area contributed by atoms with Gasteiger partial charge >= 0.3 is 0 Å². The van der Waals surface area contributed by atoms with Crippen LogP contribution in [0.4, 0.5) is 0 Å². The van der Waals surface area contributed by atoms with Crippen LogP contribution < -0.4 is 10.5 Å². The van der Waals surface area contributed by atoms with E-state index in [-0.39, 0.29) is 11.8 Å². The molecule has 0 spiro atoms. The van der Waals surface area contributed by atoms with E-state index >= 15 is 0 Å². The fourth-order valence-electron chi connectivity index (χ4n) is 2.58. The molecule has 0 aliphatic carbocycles. The second kappa shape index (κ2) is 7.76. The molecule has 1 aromatic heterocycles. The van der Waals surface area contributed by atoms with Crippen LogP contribution in [-0.2, 0) is 15.6 Å². The standard InChI is InChI=1S/C20H21NO4S/c1-15(21)12-25-20-11-16(7-8-19(20)17-9-10-24-13-17)14-26(22,23)18-5-3-2-4-6-18/h2-11,13,15H,12,14,21H2,1H3. The van der Waals surface area contributed by atoms with E-state index in [1.165, 1.54) is 0 Å². The number of benzene rings is 2. The largest absolute Gasteiger partial charge is 0.491 e. The molecule has 6 heteroatoms. The van der Waals surface area contributed by atoms with Gasteiger partial charge in [0.05, 0.1) is 23.2 Å². The van der Waals surface area contributed by atoms with Gasteiger partial charge in [0.25, 0.3) is 0 Å². The first-order valence-corrected chi connectivity index (χ1v) is 9.92. The summed E-state index contributed by atoms with van der Waals surface area (Å²) in [6, 6.07) is 15.5. The normalized spacial score (nSPS) is 12.7. The van der Waals surface area contributed by atoms with Crippen molar-refractivity contribution in [1.29, 1.82) is 0 Å². The number of sulfone groups is 1. The molecule has 0 fully saturated rings. The van der Waals surface area contributed by atoms with Gasteiger partial charge in [-0.25, -0.2) is 8.42 Å². The Morgan fingerprint density at radius 3 is 2.54 bits per heavy atom. The average Bonchev–Trinajstić information content (AvgIpc) is 3.15. The lowest BCUT2D eigenvalue weighted by atomic mass is 10.1. The van der Waals surface area contributed by atoms with Crippen LogP contribution in [-0.4, -0.2) is 21.1 Å². The third kappa shape index (κ3) is 4.33. The predicted octanol–water partition coefficient (Wildman–Crippen LogP) is 3.65. The van der Waals surface area contributed by atoms with E-state index < -0.39 is 9.84 Å². The van der Waals surface area contributed by atoms with E-state index in [2.05, 4.69) is 0 Å². The number of furan rings is 1. The van der Waals surface area contributed by atoms with Gasteiger partial charge in [0.1, 0.15) is 12.4 Å². The molecule has 1 heterocycles. The van der Waals surface area contributed by atoms with Crippen molar-refractivity contribution in [3.8, 4) is 16.9 Å². The highest BCUT2D eigenvalue weighted by molar-refractivity contribution is 7.90. The van der Waals surface area contributed by atoms with E-state index in [4.69, 9.17) is 14.9 Å². The maximum atomic E-state index is 12.6. The van der Waals surface area contributed by atoms with Gasteiger partial charge in [-0.15, -0.1) is 0 Å². The molecule has 3 rings (SSSR count). The molecule has 136 valence electrons. The summed E-state index contributed by atoms with van der Waals surface area (Å²) in [6.07, 6.45) is 3.20. The molecule has 3 aromatic rings. The van der Waals surface area contributed by atoms with Gasteiger partial charge in [0.15, 0.2) is 9.84 Å². The van der Waals surface area contributed by atoms with Crippen molar-refractivity contribution in [2.24, 2.45) is 5.73 Å². The monoisotopic (exact) mass is 371 g/mol. The van der Waals surface area contributed by atoms with Crippen molar-refractivity contribution in [2.75, 3.05) is 6.61 Å². The number of ether oxygens (including phenoxy) is 1. The summed E-state index contributed by atoms with van der Waals surface area (Å²) in [7, 11) is -3.43. The molecule has 0 saturated heterocycles. The van der Waals surface area contributed by atoms with Crippen molar-refractivity contribution in [3.05, 3.63) is 72.7 Å². The van der Waals surface area contributed by atoms with Crippen LogP contribution in [0.2, 0.25) is 0 Å². The van der Waals surface area contributed by atoms with Gasteiger partial charge in [-0.05, 0) is 36.8 Å². The first-order chi connectivity index (χ1) is 12.5. The molecule has 0 radical (unpaired) electrons. The summed E-state index contributed by atoms with van der Waals surface area (Å²) in [5.74, 6) is 0.487. The van der Waals surface area contributed by atoms with Gasteiger partial charge in [-0.1, -0.05) is 30.3 Å². The number of hydrogen-bond donors (Lipinski definition) is 1. The first kappa shape index (κ1) is 18.2. The zero-order valence-electron chi connectivity index (χ0n) is 14.5. The smallest absolute Gasteiger partial charge is 0.182 e. The number of hydrogen-bond acceptors (Lipinski definition) is 5. The van der Waals surface area contributed by atoms with Gasteiger partial charge in [0, 0.05) is 17.2 Å². The van der Waals surface area contributed by atoms with E-state index in [1.807, 2.05) is 19.1 Å². The fraction of sp³-hybridized carbons (Fsp3) is 0.200. The summed E-state index contributed by atoms with van der Waals surface area (Å²) in [5.41, 5.74) is 8.14. The van der Waals surface area contributed by atoms with Crippen LogP contribution in [0, 0.1) is 0 Å². The molecule has 1 unspecified atom stereocenters. The van der Waals surface area contributed by atoms with E-state index in [0.29, 0.717) is 22.8 Å². The fourth-order valence-corrected chi connectivity index (χ4v) is 3.94. The third-order valence-corrected chi connectivity index (χ3v) is 5.54. The highest BCUT2D eigenvalue weighted by atomic mass is 32.2. The van der Waals surface area contributed by atoms with Gasteiger partial charge < -0.3 is 14.9 Å². The lowest BCUT2D eigenvalue weighted by molar-refractivity contribution is 0.297. The quantitative estimate of drug-likeness (QED) is 0.685. The second-order valence-corrected chi connectivity index (χ2v) is 8.19. The molecule has 1 atom stereocenters. The molecule has 0 bridgehead atoms. The summed E-state index contributed by atoms with van der Waals surface area (Å²) in [4.78, 5) is 0.303. The first-order valence-electron chi connectivity index (χ1n) is 8.27. The maximum absolute atomic E-state index is 12.6. The Balaban J connectivity index is 1.92. The summed E-state index contributed by atoms with van der Waals surface area (Å²) in [6.45, 7) is 2.18. The van der Waals surface area contributed by atoms with Crippen LogP contribution >= 0.6 is 0 Å². The molecule has 0 aliphatic heterocycles. The van der Waals surface area contributed by atoms with Crippen molar-refractivity contribution >= 4 is 9.84 Å². The van der Waals surface area contributed by atoms with Crippen LogP contribution in [0.3, 0.4) is 0 Å². The summed E-state index contributed by atoms with van der Waals surface area (Å²) >= 11 is 0. The predicted molar refractivity (Wildman–Crippen MR) is 101 cm³/mol. The molecule has 0 aliphatic rings. The highest BCUT2D eigenvalue weighted by Crippen LogP contribution is 2.32. The van der Waals surface area contributed by atoms with Crippen molar-refractivity contribution in [1.82, 2.24) is 0 Å². The van der Waals surface area contributed by atoms with Crippen LogP contribution in [0.25, 0.3) is 11.1 Å². The Bertz CT molecular complexity index is 949. The molecule has 5 nitrogen and oxygen atoms in total. The zero-order valence-corrected chi connectivity index (χ0v) is 15.3. The Labute approximate surface area is 153 Å². The molecule has 0 amide bonds. The molecule has 2 aromatic carbocycles. The second-order valence-electron chi connectivity index (χ2n) is 6.20. The van der Waals surface area contributed by atoms with Gasteiger partial charge in [-0.2, -0.15) is 0 Å². The summed E-state index contributed by atoms with van der Waals surface area (Å²) in [5, 5.41) is 0. The van der Waals surface area contributed by atoms with Crippen molar-refractivity contribution < 1.29 is 17.6 Å². The van der Waals surface area contributed by atoms with Crippen molar-refractivity contribution in [2.45, 2.75) is 23.6 Å². The Kier molecular flexibility index (Phi) is 5.44. The molecule has 0 saturated carbocycles. The topological polar surface area (TPSA) is 82.5 Å². The minimum Gasteiger partial charge on any atom is -0.491 e. The van der Waals surface area contributed by atoms with Crippen LogP contribution in [0.15, 0.2) is 76.4 Å². The van der Waals surface area contributed by atoms with Gasteiger partial charge in [0.2, 0.25) is 0 Å². The minimum absolute atomic E-state index is 0.1000. The number of nitrogens with two attached hydrogens (primary N) is 1. The Hall–Kier alpha value is -2.57. The van der Waals surface area contributed by atoms with E-state index in [0.717, 1.165) is 11.1 Å². The van der Waals surface area contributed by atoms with E-state index in [1.54, 1.807) is 55.0 Å². The lowest BCUT2D eigenvalue weighted by Crippen LogP contribution is -2.23. The summed E-state index contributed by atoms with van der Waals surface area (Å²) < 4.78 is 36.2. The van der Waals surface area contributed by atoms with Gasteiger partial charge in [-0.3, -0.25) is 0 Å². The highest BCUT2D eigenvalue weighted by Gasteiger charge is 2.17. The Morgan fingerprint density at radius 2 is 1.88 bits per heavy atom. The molecule has 2 N–H and O–H groups in total.